The van der Waals surface area contributed by atoms with Gasteiger partial charge in [-0.15, -0.1) is 0 Å². The highest BCUT2D eigenvalue weighted by Gasteiger charge is 2.19. The van der Waals surface area contributed by atoms with Crippen LogP contribution in [-0.2, 0) is 17.9 Å². The molecule has 0 radical (unpaired) electrons. The molecule has 1 aromatic heterocycles. The quantitative estimate of drug-likeness (QED) is 0.705. The summed E-state index contributed by atoms with van der Waals surface area (Å²) in [6.07, 6.45) is 4.46. The summed E-state index contributed by atoms with van der Waals surface area (Å²) in [5, 5.41) is 16.1. The van der Waals surface area contributed by atoms with Crippen LogP contribution >= 0.6 is 0 Å². The molecular weight excluding hydrogens is 364 g/mol. The van der Waals surface area contributed by atoms with E-state index in [1.807, 2.05) is 29.8 Å². The van der Waals surface area contributed by atoms with E-state index in [0.29, 0.717) is 18.9 Å². The first-order valence-electron chi connectivity index (χ1n) is 10.3. The first-order chi connectivity index (χ1) is 14.1. The summed E-state index contributed by atoms with van der Waals surface area (Å²) in [5.74, 6) is 6.25. The van der Waals surface area contributed by atoms with Gasteiger partial charge in [-0.2, -0.15) is 5.10 Å². The molecule has 1 amide bonds. The Labute approximate surface area is 172 Å². The van der Waals surface area contributed by atoms with Crippen LogP contribution in [0.4, 0.5) is 0 Å². The van der Waals surface area contributed by atoms with Crippen LogP contribution in [0.1, 0.15) is 36.1 Å². The highest BCUT2D eigenvalue weighted by atomic mass is 16.2. The number of aliphatic hydroxyl groups is 1. The van der Waals surface area contributed by atoms with Gasteiger partial charge in [0.1, 0.15) is 6.61 Å². The van der Waals surface area contributed by atoms with E-state index in [-0.39, 0.29) is 12.5 Å². The number of piperidine rings is 1. The lowest BCUT2D eigenvalue weighted by Gasteiger charge is -2.32. The number of nitrogens with one attached hydrogen (secondary N) is 1. The Bertz CT molecular complexity index is 840. The van der Waals surface area contributed by atoms with Gasteiger partial charge in [0.15, 0.2) is 0 Å². The van der Waals surface area contributed by atoms with Gasteiger partial charge in [0.2, 0.25) is 5.91 Å². The molecule has 1 fully saturated rings. The van der Waals surface area contributed by atoms with E-state index in [1.165, 1.54) is 5.56 Å². The smallest absolute Gasteiger partial charge is 0.221 e. The van der Waals surface area contributed by atoms with Crippen LogP contribution in [0, 0.1) is 24.7 Å². The third kappa shape index (κ3) is 6.74. The molecule has 1 aliphatic heterocycles. The van der Waals surface area contributed by atoms with Gasteiger partial charge in [0.05, 0.1) is 0 Å². The molecule has 6 heteroatoms. The maximum Gasteiger partial charge on any atom is 0.221 e. The van der Waals surface area contributed by atoms with Crippen molar-refractivity contribution in [2.75, 3.05) is 26.2 Å². The molecule has 154 valence electrons. The van der Waals surface area contributed by atoms with Gasteiger partial charge in [0, 0.05) is 43.5 Å². The van der Waals surface area contributed by atoms with Crippen molar-refractivity contribution in [1.82, 2.24) is 20.0 Å². The molecule has 0 atom stereocenters. The fraction of sp³-hybridized carbons (Fsp3) is 0.478. The van der Waals surface area contributed by atoms with Gasteiger partial charge in [-0.25, -0.2) is 0 Å². The van der Waals surface area contributed by atoms with Crippen LogP contribution in [0.25, 0.3) is 0 Å². The van der Waals surface area contributed by atoms with Crippen LogP contribution in [0.3, 0.4) is 0 Å². The Kier molecular flexibility index (Phi) is 7.85. The van der Waals surface area contributed by atoms with Crippen LogP contribution in [0.2, 0.25) is 0 Å². The molecule has 2 N–H and O–H groups in total. The molecule has 0 aliphatic carbocycles. The molecule has 3 rings (SSSR count). The predicted molar refractivity (Wildman–Crippen MR) is 113 cm³/mol. The number of hydrogen-bond acceptors (Lipinski definition) is 4. The second kappa shape index (κ2) is 10.8. The Morgan fingerprint density at radius 3 is 2.66 bits per heavy atom. The van der Waals surface area contributed by atoms with E-state index in [4.69, 9.17) is 5.11 Å². The molecule has 0 spiro atoms. The number of benzene rings is 1. The van der Waals surface area contributed by atoms with E-state index in [9.17, 15) is 4.79 Å². The maximum absolute atomic E-state index is 12.1. The number of aliphatic hydroxyl groups excluding tert-OH is 1. The van der Waals surface area contributed by atoms with E-state index in [1.54, 1.807) is 6.20 Å². The fourth-order valence-electron chi connectivity index (χ4n) is 3.63. The summed E-state index contributed by atoms with van der Waals surface area (Å²) < 4.78 is 1.86. The SMILES string of the molecule is Cc1ccnn1CCC(=O)NCC1CCN(Cc2ccc(C#CCO)cc2)CC1. The van der Waals surface area contributed by atoms with Gasteiger partial charge in [-0.05, 0) is 62.5 Å². The molecule has 0 saturated carbocycles. The molecule has 6 nitrogen and oxygen atoms in total. The van der Waals surface area contributed by atoms with Crippen molar-refractivity contribution in [1.29, 1.82) is 0 Å². The van der Waals surface area contributed by atoms with Crippen molar-refractivity contribution < 1.29 is 9.90 Å². The summed E-state index contributed by atoms with van der Waals surface area (Å²) in [5.41, 5.74) is 3.29. The van der Waals surface area contributed by atoms with Gasteiger partial charge in [-0.1, -0.05) is 24.0 Å². The Hall–Kier alpha value is -2.62. The van der Waals surface area contributed by atoms with Gasteiger partial charge < -0.3 is 10.4 Å². The minimum atomic E-state index is -0.110. The highest BCUT2D eigenvalue weighted by molar-refractivity contribution is 5.75. The number of nitrogens with zero attached hydrogens (tertiary/aromatic N) is 3. The zero-order valence-electron chi connectivity index (χ0n) is 17.1. The Morgan fingerprint density at radius 1 is 1.24 bits per heavy atom. The van der Waals surface area contributed by atoms with Gasteiger partial charge in [-0.3, -0.25) is 14.4 Å². The number of carbonyl (C=O) groups is 1. The highest BCUT2D eigenvalue weighted by Crippen LogP contribution is 2.18. The van der Waals surface area contributed by atoms with Crippen molar-refractivity contribution in [3.8, 4) is 11.8 Å². The number of aryl methyl sites for hydroxylation is 2. The van der Waals surface area contributed by atoms with Gasteiger partial charge >= 0.3 is 0 Å². The van der Waals surface area contributed by atoms with Gasteiger partial charge in [0.25, 0.3) is 0 Å². The topological polar surface area (TPSA) is 70.4 Å². The number of amides is 1. The standard InChI is InChI=1S/C23H30N4O2/c1-19-8-12-25-27(19)15-11-23(29)24-17-21-9-13-26(14-10-21)18-22-6-4-20(5-7-22)3-2-16-28/h4-8,12,21,28H,9-11,13-18H2,1H3,(H,24,29). The van der Waals surface area contributed by atoms with Crippen molar-refractivity contribution in [2.24, 2.45) is 5.92 Å². The molecule has 2 heterocycles. The first-order valence-corrected chi connectivity index (χ1v) is 10.3. The minimum absolute atomic E-state index is 0.103. The summed E-state index contributed by atoms with van der Waals surface area (Å²) in [4.78, 5) is 14.6. The zero-order chi connectivity index (χ0) is 20.5. The van der Waals surface area contributed by atoms with Crippen molar-refractivity contribution in [3.05, 3.63) is 53.3 Å². The molecule has 0 bridgehead atoms. The molecule has 2 aromatic rings. The van der Waals surface area contributed by atoms with Crippen LogP contribution in [0.5, 0.6) is 0 Å². The minimum Gasteiger partial charge on any atom is -0.384 e. The van der Waals surface area contributed by atoms with E-state index >= 15 is 0 Å². The summed E-state index contributed by atoms with van der Waals surface area (Å²) in [6, 6.07) is 10.2. The van der Waals surface area contributed by atoms with Crippen LogP contribution in [-0.4, -0.2) is 51.9 Å². The summed E-state index contributed by atoms with van der Waals surface area (Å²) >= 11 is 0. The molecule has 29 heavy (non-hydrogen) atoms. The number of likely N-dealkylation sites (tertiary alicyclic amines) is 1. The van der Waals surface area contributed by atoms with Crippen molar-refractivity contribution >= 4 is 5.91 Å². The summed E-state index contributed by atoms with van der Waals surface area (Å²) in [7, 11) is 0. The second-order valence-corrected chi connectivity index (χ2v) is 7.63. The molecule has 1 aromatic carbocycles. The molecule has 0 unspecified atom stereocenters. The molecule has 1 aliphatic rings. The molecular formula is C23H30N4O2. The Balaban J connectivity index is 1.33. The van der Waals surface area contributed by atoms with E-state index in [2.05, 4.69) is 39.3 Å². The summed E-state index contributed by atoms with van der Waals surface area (Å²) in [6.45, 7) is 6.34. The normalized spacial score (nSPS) is 15.0. The Morgan fingerprint density at radius 2 is 2.00 bits per heavy atom. The number of rotatable bonds is 7. The van der Waals surface area contributed by atoms with Crippen LogP contribution in [0.15, 0.2) is 36.5 Å². The zero-order valence-corrected chi connectivity index (χ0v) is 17.1. The lowest BCUT2D eigenvalue weighted by Crippen LogP contribution is -2.38. The number of hydrogen-bond donors (Lipinski definition) is 2. The maximum atomic E-state index is 12.1. The third-order valence-electron chi connectivity index (χ3n) is 5.45. The number of carbonyl (C=O) groups excluding carboxylic acids is 1. The second-order valence-electron chi connectivity index (χ2n) is 7.63. The van der Waals surface area contributed by atoms with E-state index in [0.717, 1.165) is 50.3 Å². The van der Waals surface area contributed by atoms with Crippen molar-refractivity contribution in [2.45, 2.75) is 39.3 Å². The monoisotopic (exact) mass is 394 g/mol. The predicted octanol–water partition coefficient (Wildman–Crippen LogP) is 1.95. The fourth-order valence-corrected chi connectivity index (χ4v) is 3.63. The lowest BCUT2D eigenvalue weighted by atomic mass is 9.96. The first kappa shape index (κ1) is 21.1. The average Bonchev–Trinajstić information content (AvgIpc) is 3.16. The molecule has 1 saturated heterocycles. The van der Waals surface area contributed by atoms with Crippen molar-refractivity contribution in [3.63, 3.8) is 0 Å². The van der Waals surface area contributed by atoms with Crippen LogP contribution < -0.4 is 5.32 Å². The van der Waals surface area contributed by atoms with E-state index < -0.39 is 0 Å². The largest absolute Gasteiger partial charge is 0.384 e. The third-order valence-corrected chi connectivity index (χ3v) is 5.45. The lowest BCUT2D eigenvalue weighted by molar-refractivity contribution is -0.121. The number of aromatic nitrogens is 2. The average molecular weight is 395 g/mol.